The van der Waals surface area contributed by atoms with Crippen molar-refractivity contribution in [1.29, 1.82) is 0 Å². The van der Waals surface area contributed by atoms with Gasteiger partial charge in [0, 0.05) is 47.5 Å². The van der Waals surface area contributed by atoms with Gasteiger partial charge in [0.15, 0.2) is 11.5 Å². The zero-order valence-electron chi connectivity index (χ0n) is 25.3. The van der Waals surface area contributed by atoms with Gasteiger partial charge in [-0.25, -0.2) is 27.2 Å². The molecule has 3 N–H and O–H groups in total. The van der Waals surface area contributed by atoms with Crippen LogP contribution in [0.15, 0.2) is 55.1 Å². The van der Waals surface area contributed by atoms with Gasteiger partial charge in [0.1, 0.15) is 32.7 Å². The van der Waals surface area contributed by atoms with E-state index in [0.717, 1.165) is 38.4 Å². The van der Waals surface area contributed by atoms with Crippen LogP contribution in [-0.4, -0.2) is 61.5 Å². The van der Waals surface area contributed by atoms with Crippen LogP contribution >= 0.6 is 0 Å². The number of pyridine rings is 3. The van der Waals surface area contributed by atoms with Crippen molar-refractivity contribution < 1.29 is 22.0 Å². The van der Waals surface area contributed by atoms with Crippen molar-refractivity contribution in [3.05, 3.63) is 72.3 Å². The number of amides is 1. The summed E-state index contributed by atoms with van der Waals surface area (Å²) in [7, 11) is -3.24. The minimum atomic E-state index is -3.24. The summed E-state index contributed by atoms with van der Waals surface area (Å²) in [6, 6.07) is 7.65. The maximum absolute atomic E-state index is 16.3. The molecule has 0 unspecified atom stereocenters. The number of hydrogen-bond donors (Lipinski definition) is 3. The standard InChI is InChI=1S/C33H30F2N8O3S/c1-47(45,46)10-8-18-11-20(13-22(34)12-18)28-29-25(7-9-37-28)40-32(41-29)30-26-27(35)24(17-38-31(26)43-42-30)21-14-23(16-36-15-21)39-33(44)19-5-3-2-4-6-19/h7,9,11-17,19H,2-6,8,10H2,1H3,(H,39,44)(H,40,41)(H,38,42,43). The summed E-state index contributed by atoms with van der Waals surface area (Å²) in [6.07, 6.45) is 12.1. The van der Waals surface area contributed by atoms with Crippen molar-refractivity contribution in [3.8, 4) is 33.9 Å². The predicted molar refractivity (Wildman–Crippen MR) is 174 cm³/mol. The number of halogens is 2. The summed E-state index contributed by atoms with van der Waals surface area (Å²) >= 11 is 0. The minimum Gasteiger partial charge on any atom is -0.337 e. The second-order valence-electron chi connectivity index (χ2n) is 11.9. The lowest BCUT2D eigenvalue weighted by Gasteiger charge is -2.20. The number of benzene rings is 1. The number of nitrogens with one attached hydrogen (secondary N) is 3. The van der Waals surface area contributed by atoms with Gasteiger partial charge in [0.25, 0.3) is 0 Å². The molecule has 14 heteroatoms. The Morgan fingerprint density at radius 2 is 1.85 bits per heavy atom. The van der Waals surface area contributed by atoms with Crippen LogP contribution < -0.4 is 5.32 Å². The van der Waals surface area contributed by atoms with Crippen LogP contribution in [0.1, 0.15) is 37.7 Å². The Labute approximate surface area is 268 Å². The molecule has 0 aliphatic heterocycles. The summed E-state index contributed by atoms with van der Waals surface area (Å²) in [4.78, 5) is 33.7. The fourth-order valence-electron chi connectivity index (χ4n) is 6.09. The third-order valence-electron chi connectivity index (χ3n) is 8.44. The van der Waals surface area contributed by atoms with Gasteiger partial charge >= 0.3 is 0 Å². The highest BCUT2D eigenvalue weighted by molar-refractivity contribution is 7.90. The fraction of sp³-hybridized carbons (Fsp3) is 0.273. The maximum Gasteiger partial charge on any atom is 0.227 e. The average molecular weight is 657 g/mol. The molecule has 11 nitrogen and oxygen atoms in total. The van der Waals surface area contributed by atoms with Crippen molar-refractivity contribution in [1.82, 2.24) is 35.1 Å². The first kappa shape index (κ1) is 30.5. The molecule has 1 fully saturated rings. The molecule has 0 bridgehead atoms. The molecule has 0 saturated heterocycles. The summed E-state index contributed by atoms with van der Waals surface area (Å²) in [6.45, 7) is 0. The Morgan fingerprint density at radius 1 is 1.02 bits per heavy atom. The third kappa shape index (κ3) is 6.32. The highest BCUT2D eigenvalue weighted by Crippen LogP contribution is 2.35. The molecule has 240 valence electrons. The van der Waals surface area contributed by atoms with Gasteiger partial charge in [-0.05, 0) is 55.2 Å². The lowest BCUT2D eigenvalue weighted by molar-refractivity contribution is -0.120. The number of aromatic nitrogens is 7. The van der Waals surface area contributed by atoms with E-state index in [1.807, 2.05) is 0 Å². The molecule has 47 heavy (non-hydrogen) atoms. The number of nitrogens with zero attached hydrogens (tertiary/aromatic N) is 5. The van der Waals surface area contributed by atoms with Crippen molar-refractivity contribution in [3.63, 3.8) is 0 Å². The zero-order valence-corrected chi connectivity index (χ0v) is 26.2. The van der Waals surface area contributed by atoms with Crippen molar-refractivity contribution >= 4 is 43.5 Å². The van der Waals surface area contributed by atoms with Gasteiger partial charge in [-0.15, -0.1) is 0 Å². The SMILES string of the molecule is CS(=O)(=O)CCc1cc(F)cc(-c2nccc3[nH]c(-c4[nH]nc5ncc(-c6cncc(NC(=O)C7CCCCC7)c6)c(F)c45)nc23)c1. The molecule has 5 heterocycles. The minimum absolute atomic E-state index is 0.0435. The first-order valence-corrected chi connectivity index (χ1v) is 17.3. The van der Waals surface area contributed by atoms with E-state index in [0.29, 0.717) is 39.1 Å². The zero-order chi connectivity index (χ0) is 32.7. The van der Waals surface area contributed by atoms with E-state index >= 15 is 4.39 Å². The van der Waals surface area contributed by atoms with E-state index in [1.165, 1.54) is 30.7 Å². The number of carbonyl (C=O) groups excluding carboxylic acids is 1. The van der Waals surface area contributed by atoms with Gasteiger partial charge in [0.05, 0.1) is 34.2 Å². The Hall–Kier alpha value is -5.11. The molecular weight excluding hydrogens is 626 g/mol. The van der Waals surface area contributed by atoms with E-state index in [-0.39, 0.29) is 52.1 Å². The van der Waals surface area contributed by atoms with Gasteiger partial charge in [-0.1, -0.05) is 19.3 Å². The van der Waals surface area contributed by atoms with Crippen molar-refractivity contribution in [2.75, 3.05) is 17.3 Å². The number of carbonyl (C=O) groups is 1. The van der Waals surface area contributed by atoms with E-state index in [4.69, 9.17) is 4.98 Å². The van der Waals surface area contributed by atoms with Crippen LogP contribution in [0.3, 0.4) is 0 Å². The number of sulfone groups is 1. The van der Waals surface area contributed by atoms with E-state index < -0.39 is 21.5 Å². The molecule has 1 aliphatic carbocycles. The predicted octanol–water partition coefficient (Wildman–Crippen LogP) is 6.01. The number of aromatic amines is 2. The molecule has 0 spiro atoms. The third-order valence-corrected chi connectivity index (χ3v) is 9.39. The van der Waals surface area contributed by atoms with Crippen LogP contribution in [0.5, 0.6) is 0 Å². The van der Waals surface area contributed by atoms with Gasteiger partial charge in [-0.3, -0.25) is 19.9 Å². The number of hydrogen-bond acceptors (Lipinski definition) is 8. The second-order valence-corrected chi connectivity index (χ2v) is 14.2. The van der Waals surface area contributed by atoms with Gasteiger partial charge in [-0.2, -0.15) is 5.10 Å². The molecule has 5 aromatic heterocycles. The number of anilines is 1. The summed E-state index contributed by atoms with van der Waals surface area (Å²) in [5.74, 6) is -1.10. The second kappa shape index (κ2) is 12.2. The molecular formula is C33H30F2N8O3S. The summed E-state index contributed by atoms with van der Waals surface area (Å²) < 4.78 is 54.3. The largest absolute Gasteiger partial charge is 0.337 e. The van der Waals surface area contributed by atoms with E-state index in [2.05, 4.69) is 35.5 Å². The first-order valence-electron chi connectivity index (χ1n) is 15.2. The monoisotopic (exact) mass is 656 g/mol. The lowest BCUT2D eigenvalue weighted by Crippen LogP contribution is -2.24. The van der Waals surface area contributed by atoms with Crippen LogP contribution in [-0.2, 0) is 21.1 Å². The van der Waals surface area contributed by atoms with E-state index in [9.17, 15) is 17.6 Å². The fourth-order valence-corrected chi connectivity index (χ4v) is 6.69. The Morgan fingerprint density at radius 3 is 2.66 bits per heavy atom. The highest BCUT2D eigenvalue weighted by Gasteiger charge is 2.23. The van der Waals surface area contributed by atoms with Gasteiger partial charge in [0.2, 0.25) is 5.91 Å². The van der Waals surface area contributed by atoms with E-state index in [1.54, 1.807) is 24.4 Å². The van der Waals surface area contributed by atoms with Gasteiger partial charge < -0.3 is 10.3 Å². The summed E-state index contributed by atoms with van der Waals surface area (Å²) in [5, 5.41) is 10.1. The first-order chi connectivity index (χ1) is 22.6. The molecule has 1 amide bonds. The number of fused-ring (bicyclic) bond motifs is 2. The normalized spacial score (nSPS) is 14.2. The van der Waals surface area contributed by atoms with Crippen LogP contribution in [0.4, 0.5) is 14.5 Å². The summed E-state index contributed by atoms with van der Waals surface area (Å²) in [5.41, 5.74) is 3.71. The molecule has 7 rings (SSSR count). The Balaban J connectivity index is 1.24. The number of imidazole rings is 1. The van der Waals surface area contributed by atoms with Crippen LogP contribution in [0.2, 0.25) is 0 Å². The number of rotatable bonds is 8. The van der Waals surface area contributed by atoms with Crippen molar-refractivity contribution in [2.24, 2.45) is 5.92 Å². The molecule has 1 aliphatic rings. The molecule has 0 atom stereocenters. The average Bonchev–Trinajstić information content (AvgIpc) is 3.69. The van der Waals surface area contributed by atoms with Crippen LogP contribution in [0, 0.1) is 17.6 Å². The topological polar surface area (TPSA) is 159 Å². The number of aryl methyl sites for hydroxylation is 1. The molecule has 0 radical (unpaired) electrons. The number of H-pyrrole nitrogens is 2. The smallest absolute Gasteiger partial charge is 0.227 e. The maximum atomic E-state index is 16.3. The highest BCUT2D eigenvalue weighted by atomic mass is 32.2. The van der Waals surface area contributed by atoms with Crippen LogP contribution in [0.25, 0.3) is 56.0 Å². The Bertz CT molecular complexity index is 2260. The molecule has 1 saturated carbocycles. The quantitative estimate of drug-likeness (QED) is 0.180. The Kier molecular flexibility index (Phi) is 7.96. The van der Waals surface area contributed by atoms with Crippen molar-refractivity contribution in [2.45, 2.75) is 38.5 Å². The molecule has 1 aromatic carbocycles. The lowest BCUT2D eigenvalue weighted by atomic mass is 9.88. The molecule has 6 aromatic rings.